The van der Waals surface area contributed by atoms with E-state index < -0.39 is 12.5 Å². The minimum atomic E-state index is -3.09. The van der Waals surface area contributed by atoms with E-state index in [1.807, 2.05) is 18.2 Å². The monoisotopic (exact) mass is 439 g/mol. The molecule has 0 unspecified atom stereocenters. The van der Waals surface area contributed by atoms with Crippen molar-refractivity contribution in [1.29, 1.82) is 0 Å². The van der Waals surface area contributed by atoms with Crippen molar-refractivity contribution in [1.82, 2.24) is 14.9 Å². The molecular formula is C18H16BrF2N3O3. The van der Waals surface area contributed by atoms with Crippen LogP contribution in [0.2, 0.25) is 0 Å². The number of carbonyl (C=O) groups is 1. The average Bonchev–Trinajstić information content (AvgIpc) is 3.03. The molecule has 0 aliphatic rings. The Morgan fingerprint density at radius 3 is 2.70 bits per heavy atom. The SMILES string of the molecule is CCNC(=O)c1c(OC)cc(-n2cnc3cc(Br)ccc32)cc1OC(F)F. The van der Waals surface area contributed by atoms with Gasteiger partial charge < -0.3 is 14.8 Å². The lowest BCUT2D eigenvalue weighted by Crippen LogP contribution is -2.24. The number of alkyl halides is 2. The Bertz CT molecular complexity index is 991. The minimum absolute atomic E-state index is 0.0874. The molecule has 9 heteroatoms. The molecule has 0 spiro atoms. The van der Waals surface area contributed by atoms with E-state index in [0.717, 1.165) is 9.99 Å². The maximum Gasteiger partial charge on any atom is 0.387 e. The van der Waals surface area contributed by atoms with E-state index in [4.69, 9.17) is 4.74 Å². The van der Waals surface area contributed by atoms with Crippen molar-refractivity contribution in [3.05, 3.63) is 46.7 Å². The van der Waals surface area contributed by atoms with Gasteiger partial charge in [-0.25, -0.2) is 4.98 Å². The highest BCUT2D eigenvalue weighted by atomic mass is 79.9. The fourth-order valence-corrected chi connectivity index (χ4v) is 3.08. The van der Waals surface area contributed by atoms with Crippen molar-refractivity contribution >= 4 is 32.9 Å². The Kier molecular flexibility index (Phi) is 5.59. The zero-order chi connectivity index (χ0) is 19.6. The molecule has 1 amide bonds. The molecule has 1 heterocycles. The van der Waals surface area contributed by atoms with E-state index in [0.29, 0.717) is 17.7 Å². The van der Waals surface area contributed by atoms with Gasteiger partial charge in [-0.05, 0) is 25.1 Å². The maximum atomic E-state index is 12.9. The summed E-state index contributed by atoms with van der Waals surface area (Å²) >= 11 is 3.38. The summed E-state index contributed by atoms with van der Waals surface area (Å²) in [5, 5.41) is 2.57. The van der Waals surface area contributed by atoms with E-state index in [2.05, 4.69) is 31.0 Å². The molecule has 0 saturated heterocycles. The van der Waals surface area contributed by atoms with Gasteiger partial charge in [-0.15, -0.1) is 0 Å². The molecule has 3 aromatic rings. The molecule has 2 aromatic carbocycles. The summed E-state index contributed by atoms with van der Waals surface area (Å²) < 4.78 is 38.3. The summed E-state index contributed by atoms with van der Waals surface area (Å²) in [6.45, 7) is -1.03. The van der Waals surface area contributed by atoms with Crippen molar-refractivity contribution in [2.45, 2.75) is 13.5 Å². The smallest absolute Gasteiger partial charge is 0.387 e. The number of imidazole rings is 1. The second-order valence-corrected chi connectivity index (χ2v) is 6.42. The molecule has 0 saturated carbocycles. The van der Waals surface area contributed by atoms with Gasteiger partial charge in [0.05, 0.1) is 23.8 Å². The second kappa shape index (κ2) is 7.91. The number of hydrogen-bond acceptors (Lipinski definition) is 4. The van der Waals surface area contributed by atoms with Crippen LogP contribution in [0.15, 0.2) is 41.1 Å². The number of nitrogens with one attached hydrogen (secondary N) is 1. The number of methoxy groups -OCH3 is 1. The number of nitrogens with zero attached hydrogens (tertiary/aromatic N) is 2. The number of aromatic nitrogens is 2. The van der Waals surface area contributed by atoms with Crippen LogP contribution in [-0.4, -0.2) is 35.7 Å². The summed E-state index contributed by atoms with van der Waals surface area (Å²) in [6, 6.07) is 8.46. The number of hydrogen-bond donors (Lipinski definition) is 1. The zero-order valence-electron chi connectivity index (χ0n) is 14.5. The highest BCUT2D eigenvalue weighted by Crippen LogP contribution is 2.34. The number of ether oxygens (including phenoxy) is 2. The van der Waals surface area contributed by atoms with Crippen LogP contribution >= 0.6 is 15.9 Å². The molecule has 1 N–H and O–H groups in total. The van der Waals surface area contributed by atoms with Crippen molar-refractivity contribution < 1.29 is 23.0 Å². The van der Waals surface area contributed by atoms with Crippen molar-refractivity contribution in [3.63, 3.8) is 0 Å². The number of halogens is 3. The number of rotatable bonds is 6. The predicted molar refractivity (Wildman–Crippen MR) is 100.0 cm³/mol. The average molecular weight is 440 g/mol. The zero-order valence-corrected chi connectivity index (χ0v) is 16.1. The summed E-state index contributed by atoms with van der Waals surface area (Å²) in [6.07, 6.45) is 1.56. The van der Waals surface area contributed by atoms with Crippen LogP contribution in [0.25, 0.3) is 16.7 Å². The molecule has 0 aliphatic heterocycles. The van der Waals surface area contributed by atoms with E-state index in [9.17, 15) is 13.6 Å². The number of carbonyl (C=O) groups excluding carboxylic acids is 1. The fourth-order valence-electron chi connectivity index (χ4n) is 2.73. The normalized spacial score (nSPS) is 11.0. The Labute approximate surface area is 162 Å². The van der Waals surface area contributed by atoms with E-state index in [1.165, 1.54) is 13.2 Å². The molecule has 1 aromatic heterocycles. The number of amides is 1. The topological polar surface area (TPSA) is 65.4 Å². The van der Waals surface area contributed by atoms with Gasteiger partial charge in [-0.1, -0.05) is 15.9 Å². The third-order valence-electron chi connectivity index (χ3n) is 3.84. The van der Waals surface area contributed by atoms with E-state index in [1.54, 1.807) is 23.9 Å². The highest BCUT2D eigenvalue weighted by Gasteiger charge is 2.23. The third-order valence-corrected chi connectivity index (χ3v) is 4.33. The first-order chi connectivity index (χ1) is 12.9. The molecule has 3 rings (SSSR count). The van der Waals surface area contributed by atoms with Gasteiger partial charge in [0.15, 0.2) is 0 Å². The number of benzene rings is 2. The lowest BCUT2D eigenvalue weighted by atomic mass is 10.1. The Morgan fingerprint density at radius 2 is 2.04 bits per heavy atom. The lowest BCUT2D eigenvalue weighted by molar-refractivity contribution is -0.0502. The van der Waals surface area contributed by atoms with Gasteiger partial charge >= 0.3 is 6.61 Å². The van der Waals surface area contributed by atoms with Crippen LogP contribution in [0.3, 0.4) is 0 Å². The van der Waals surface area contributed by atoms with Crippen LogP contribution in [0.5, 0.6) is 11.5 Å². The number of fused-ring (bicyclic) bond motifs is 1. The first-order valence-electron chi connectivity index (χ1n) is 8.02. The van der Waals surface area contributed by atoms with Gasteiger partial charge in [0.1, 0.15) is 23.4 Å². The van der Waals surface area contributed by atoms with Crippen LogP contribution in [-0.2, 0) is 0 Å². The van der Waals surface area contributed by atoms with Gasteiger partial charge in [0.2, 0.25) is 0 Å². The van der Waals surface area contributed by atoms with Gasteiger partial charge in [-0.2, -0.15) is 8.78 Å². The molecule has 27 heavy (non-hydrogen) atoms. The van der Waals surface area contributed by atoms with Gasteiger partial charge in [-0.3, -0.25) is 9.36 Å². The van der Waals surface area contributed by atoms with Crippen LogP contribution in [0, 0.1) is 0 Å². The highest BCUT2D eigenvalue weighted by molar-refractivity contribution is 9.10. The van der Waals surface area contributed by atoms with Gasteiger partial charge in [0.25, 0.3) is 5.91 Å². The molecule has 0 bridgehead atoms. The minimum Gasteiger partial charge on any atom is -0.496 e. The molecule has 0 radical (unpaired) electrons. The molecule has 142 valence electrons. The fraction of sp³-hybridized carbons (Fsp3) is 0.222. The second-order valence-electron chi connectivity index (χ2n) is 5.51. The summed E-state index contributed by atoms with van der Waals surface area (Å²) in [7, 11) is 1.36. The quantitative estimate of drug-likeness (QED) is 0.626. The Balaban J connectivity index is 2.20. The van der Waals surface area contributed by atoms with Crippen LogP contribution in [0.1, 0.15) is 17.3 Å². The van der Waals surface area contributed by atoms with E-state index in [-0.39, 0.29) is 17.1 Å². The molecule has 6 nitrogen and oxygen atoms in total. The summed E-state index contributed by atoms with van der Waals surface area (Å²) in [4.78, 5) is 16.6. The first-order valence-corrected chi connectivity index (χ1v) is 8.82. The van der Waals surface area contributed by atoms with Crippen molar-refractivity contribution in [2.24, 2.45) is 0 Å². The van der Waals surface area contributed by atoms with Crippen LogP contribution in [0.4, 0.5) is 8.78 Å². The third kappa shape index (κ3) is 3.87. The van der Waals surface area contributed by atoms with E-state index >= 15 is 0 Å². The summed E-state index contributed by atoms with van der Waals surface area (Å²) in [5.41, 5.74) is 1.86. The molecule has 0 fully saturated rings. The standard InChI is InChI=1S/C18H16BrF2N3O3/c1-3-22-17(25)16-14(26-2)7-11(8-15(16)27-18(20)21)24-9-23-12-6-10(19)4-5-13(12)24/h4-9,18H,3H2,1-2H3,(H,22,25). The van der Waals surface area contributed by atoms with Crippen LogP contribution < -0.4 is 14.8 Å². The molecule has 0 aliphatic carbocycles. The van der Waals surface area contributed by atoms with Crippen molar-refractivity contribution in [2.75, 3.05) is 13.7 Å². The molecule has 0 atom stereocenters. The van der Waals surface area contributed by atoms with Crippen molar-refractivity contribution in [3.8, 4) is 17.2 Å². The molecular weight excluding hydrogens is 424 g/mol. The Hall–Kier alpha value is -2.68. The van der Waals surface area contributed by atoms with Gasteiger partial charge in [0, 0.05) is 23.2 Å². The summed E-state index contributed by atoms with van der Waals surface area (Å²) in [5.74, 6) is -0.715. The largest absolute Gasteiger partial charge is 0.496 e. The predicted octanol–water partition coefficient (Wildman–Crippen LogP) is 4.15. The maximum absolute atomic E-state index is 12.9. The Morgan fingerprint density at radius 1 is 1.30 bits per heavy atom. The first kappa shape index (κ1) is 19.1. The lowest BCUT2D eigenvalue weighted by Gasteiger charge is -2.16.